The van der Waals surface area contributed by atoms with Gasteiger partial charge >= 0.3 is 0 Å². The number of amides is 1. The van der Waals surface area contributed by atoms with Crippen LogP contribution >= 0.6 is 11.6 Å². The second-order valence-corrected chi connectivity index (χ2v) is 6.61. The number of halogens is 1. The Hall–Kier alpha value is -2.14. The van der Waals surface area contributed by atoms with E-state index in [9.17, 15) is 4.79 Å². The lowest BCUT2D eigenvalue weighted by Crippen LogP contribution is -2.48. The molecule has 0 unspecified atom stereocenters. The highest BCUT2D eigenvalue weighted by Gasteiger charge is 2.23. The Balaban J connectivity index is 1.68. The SMILES string of the molecule is Cc1ccc(N2CCC[C@H](NC(=O)c3cccc(Cl)c3C)C2)nn1. The molecule has 5 nitrogen and oxygen atoms in total. The predicted molar refractivity (Wildman–Crippen MR) is 95.7 cm³/mol. The Bertz CT molecular complexity index is 732. The summed E-state index contributed by atoms with van der Waals surface area (Å²) in [5, 5.41) is 12.1. The third-order valence-electron chi connectivity index (χ3n) is 4.38. The minimum absolute atomic E-state index is 0.0724. The fourth-order valence-corrected chi connectivity index (χ4v) is 3.15. The Labute approximate surface area is 147 Å². The summed E-state index contributed by atoms with van der Waals surface area (Å²) in [5.41, 5.74) is 2.35. The highest BCUT2D eigenvalue weighted by molar-refractivity contribution is 6.31. The van der Waals surface area contributed by atoms with Crippen LogP contribution in [0, 0.1) is 13.8 Å². The minimum atomic E-state index is -0.0724. The quantitative estimate of drug-likeness (QED) is 0.929. The van der Waals surface area contributed by atoms with Crippen LogP contribution in [-0.4, -0.2) is 35.2 Å². The summed E-state index contributed by atoms with van der Waals surface area (Å²) < 4.78 is 0. The first-order valence-electron chi connectivity index (χ1n) is 8.16. The molecule has 1 saturated heterocycles. The molecule has 24 heavy (non-hydrogen) atoms. The van der Waals surface area contributed by atoms with Gasteiger partial charge in [-0.15, -0.1) is 5.10 Å². The first-order chi connectivity index (χ1) is 11.5. The molecule has 1 amide bonds. The lowest BCUT2D eigenvalue weighted by Gasteiger charge is -2.33. The zero-order valence-corrected chi connectivity index (χ0v) is 14.7. The molecule has 1 aromatic carbocycles. The first-order valence-corrected chi connectivity index (χ1v) is 8.53. The van der Waals surface area contributed by atoms with Crippen LogP contribution in [0.4, 0.5) is 5.82 Å². The van der Waals surface area contributed by atoms with Gasteiger partial charge in [0.25, 0.3) is 5.91 Å². The van der Waals surface area contributed by atoms with Crippen LogP contribution in [0.15, 0.2) is 30.3 Å². The molecule has 1 atom stereocenters. The number of piperidine rings is 1. The van der Waals surface area contributed by atoms with Gasteiger partial charge in [-0.1, -0.05) is 17.7 Å². The molecule has 3 rings (SSSR count). The van der Waals surface area contributed by atoms with Gasteiger partial charge in [-0.3, -0.25) is 4.79 Å². The predicted octanol–water partition coefficient (Wildman–Crippen LogP) is 3.15. The monoisotopic (exact) mass is 344 g/mol. The number of nitrogens with zero attached hydrogens (tertiary/aromatic N) is 3. The Morgan fingerprint density at radius 3 is 2.83 bits per heavy atom. The third kappa shape index (κ3) is 3.67. The normalized spacial score (nSPS) is 17.6. The largest absolute Gasteiger partial charge is 0.353 e. The molecule has 1 aliphatic rings. The maximum Gasteiger partial charge on any atom is 0.251 e. The maximum atomic E-state index is 12.6. The van der Waals surface area contributed by atoms with E-state index in [1.165, 1.54) is 0 Å². The van der Waals surface area contributed by atoms with Crippen molar-refractivity contribution in [2.45, 2.75) is 32.7 Å². The molecule has 2 heterocycles. The van der Waals surface area contributed by atoms with E-state index in [0.29, 0.717) is 10.6 Å². The Morgan fingerprint density at radius 1 is 1.25 bits per heavy atom. The number of benzene rings is 1. The summed E-state index contributed by atoms with van der Waals surface area (Å²) in [7, 11) is 0. The number of hydrogen-bond acceptors (Lipinski definition) is 4. The number of aryl methyl sites for hydroxylation is 1. The van der Waals surface area contributed by atoms with Gasteiger partial charge in [0.1, 0.15) is 0 Å². The van der Waals surface area contributed by atoms with E-state index in [4.69, 9.17) is 11.6 Å². The molecule has 1 aliphatic heterocycles. The van der Waals surface area contributed by atoms with Gasteiger partial charge in [-0.05, 0) is 56.5 Å². The van der Waals surface area contributed by atoms with Gasteiger partial charge in [0.2, 0.25) is 0 Å². The molecule has 0 saturated carbocycles. The lowest BCUT2D eigenvalue weighted by atomic mass is 10.0. The van der Waals surface area contributed by atoms with E-state index in [1.807, 2.05) is 32.0 Å². The number of rotatable bonds is 3. The van der Waals surface area contributed by atoms with E-state index in [-0.39, 0.29) is 11.9 Å². The molecular weight excluding hydrogens is 324 g/mol. The average Bonchev–Trinajstić information content (AvgIpc) is 2.58. The second-order valence-electron chi connectivity index (χ2n) is 6.20. The van der Waals surface area contributed by atoms with Crippen LogP contribution in [0.5, 0.6) is 0 Å². The van der Waals surface area contributed by atoms with Crippen molar-refractivity contribution in [3.8, 4) is 0 Å². The molecule has 0 aliphatic carbocycles. The molecule has 1 aromatic heterocycles. The van der Waals surface area contributed by atoms with Crippen molar-refractivity contribution in [1.82, 2.24) is 15.5 Å². The van der Waals surface area contributed by atoms with E-state index in [2.05, 4.69) is 20.4 Å². The molecule has 1 fully saturated rings. The van der Waals surface area contributed by atoms with Gasteiger partial charge in [0.05, 0.1) is 5.69 Å². The second kappa shape index (κ2) is 7.18. The van der Waals surface area contributed by atoms with Crippen LogP contribution in [-0.2, 0) is 0 Å². The zero-order valence-electron chi connectivity index (χ0n) is 13.9. The molecule has 2 aromatic rings. The van der Waals surface area contributed by atoms with E-state index in [1.54, 1.807) is 12.1 Å². The Morgan fingerprint density at radius 2 is 2.08 bits per heavy atom. The van der Waals surface area contributed by atoms with Crippen LogP contribution < -0.4 is 10.2 Å². The fraction of sp³-hybridized carbons (Fsp3) is 0.389. The summed E-state index contributed by atoms with van der Waals surface area (Å²) in [6.45, 7) is 5.46. The summed E-state index contributed by atoms with van der Waals surface area (Å²) >= 11 is 6.11. The van der Waals surface area contributed by atoms with Gasteiger partial charge in [-0.25, -0.2) is 0 Å². The van der Waals surface area contributed by atoms with Crippen LogP contribution in [0.2, 0.25) is 5.02 Å². The van der Waals surface area contributed by atoms with Crippen molar-refractivity contribution < 1.29 is 4.79 Å². The molecule has 126 valence electrons. The number of hydrogen-bond donors (Lipinski definition) is 1. The minimum Gasteiger partial charge on any atom is -0.353 e. The number of carbonyl (C=O) groups excluding carboxylic acids is 1. The smallest absolute Gasteiger partial charge is 0.251 e. The molecule has 1 N–H and O–H groups in total. The Kier molecular flexibility index (Phi) is 5.00. The first kappa shape index (κ1) is 16.7. The molecule has 0 spiro atoms. The topological polar surface area (TPSA) is 58.1 Å². The standard InChI is InChI=1S/C18H21ClN4O/c1-12-8-9-17(22-21-12)23-10-4-5-14(11-23)20-18(24)15-6-3-7-16(19)13(15)2/h3,6-9,14H,4-5,10-11H2,1-2H3,(H,20,24)/t14-/m0/s1. The van der Waals surface area contributed by atoms with Crippen molar-refractivity contribution in [3.63, 3.8) is 0 Å². The summed E-state index contributed by atoms with van der Waals surface area (Å²) in [6, 6.07) is 9.44. The third-order valence-corrected chi connectivity index (χ3v) is 4.79. The number of nitrogens with one attached hydrogen (secondary N) is 1. The molecule has 0 radical (unpaired) electrons. The van der Waals surface area contributed by atoms with Gasteiger partial charge in [0, 0.05) is 29.7 Å². The molecule has 6 heteroatoms. The number of aromatic nitrogens is 2. The van der Waals surface area contributed by atoms with Crippen LogP contribution in [0.25, 0.3) is 0 Å². The fourth-order valence-electron chi connectivity index (χ4n) is 2.98. The van der Waals surface area contributed by atoms with E-state index >= 15 is 0 Å². The summed E-state index contributed by atoms with van der Waals surface area (Å²) in [4.78, 5) is 14.7. The van der Waals surface area contributed by atoms with Crippen molar-refractivity contribution in [3.05, 3.63) is 52.2 Å². The van der Waals surface area contributed by atoms with Crippen LogP contribution in [0.3, 0.4) is 0 Å². The maximum absolute atomic E-state index is 12.6. The van der Waals surface area contributed by atoms with Gasteiger partial charge in [0.15, 0.2) is 5.82 Å². The summed E-state index contributed by atoms with van der Waals surface area (Å²) in [5.74, 6) is 0.787. The van der Waals surface area contributed by atoms with Crippen molar-refractivity contribution in [1.29, 1.82) is 0 Å². The lowest BCUT2D eigenvalue weighted by molar-refractivity contribution is 0.0932. The van der Waals surface area contributed by atoms with Crippen molar-refractivity contribution in [2.75, 3.05) is 18.0 Å². The van der Waals surface area contributed by atoms with Gasteiger partial charge in [-0.2, -0.15) is 5.10 Å². The van der Waals surface area contributed by atoms with Crippen LogP contribution in [0.1, 0.15) is 34.5 Å². The highest BCUT2D eigenvalue weighted by atomic mass is 35.5. The van der Waals surface area contributed by atoms with Gasteiger partial charge < -0.3 is 10.2 Å². The molecule has 0 bridgehead atoms. The average molecular weight is 345 g/mol. The molecular formula is C18H21ClN4O. The van der Waals surface area contributed by atoms with E-state index < -0.39 is 0 Å². The van der Waals surface area contributed by atoms with Crippen molar-refractivity contribution >= 4 is 23.3 Å². The highest BCUT2D eigenvalue weighted by Crippen LogP contribution is 2.20. The van der Waals surface area contributed by atoms with Crippen molar-refractivity contribution in [2.24, 2.45) is 0 Å². The number of carbonyl (C=O) groups is 1. The number of anilines is 1. The van der Waals surface area contributed by atoms with E-state index in [0.717, 1.165) is 43.0 Å². The summed E-state index contributed by atoms with van der Waals surface area (Å²) in [6.07, 6.45) is 1.97. The zero-order chi connectivity index (χ0) is 17.1.